The van der Waals surface area contributed by atoms with Crippen LogP contribution in [0.1, 0.15) is 38.7 Å². The van der Waals surface area contributed by atoms with E-state index in [1.54, 1.807) is 0 Å². The lowest BCUT2D eigenvalue weighted by atomic mass is 9.78. The van der Waals surface area contributed by atoms with Gasteiger partial charge in [0.15, 0.2) is 0 Å². The molecule has 0 bridgehead atoms. The van der Waals surface area contributed by atoms with Gasteiger partial charge in [0.25, 0.3) is 0 Å². The molecule has 0 aromatic heterocycles. The van der Waals surface area contributed by atoms with E-state index in [-0.39, 0.29) is 5.91 Å². The van der Waals surface area contributed by atoms with Crippen LogP contribution in [0.2, 0.25) is 0 Å². The number of piperidine rings is 1. The third-order valence-corrected chi connectivity index (χ3v) is 5.37. The minimum absolute atomic E-state index is 0.256. The number of likely N-dealkylation sites (tertiary alicyclic amines) is 1. The quantitative estimate of drug-likeness (QED) is 0.902. The van der Waals surface area contributed by atoms with Crippen LogP contribution >= 0.6 is 0 Å². The fourth-order valence-electron chi connectivity index (χ4n) is 3.71. The molecule has 0 aliphatic carbocycles. The number of ether oxygens (including phenoxy) is 1. The average molecular weight is 330 g/mol. The summed E-state index contributed by atoms with van der Waals surface area (Å²) in [5.74, 6) is 1.66. The minimum Gasteiger partial charge on any atom is -0.493 e. The van der Waals surface area contributed by atoms with Crippen LogP contribution in [0.5, 0.6) is 5.75 Å². The Balaban J connectivity index is 1.48. The summed E-state index contributed by atoms with van der Waals surface area (Å²) < 4.78 is 5.70. The Morgan fingerprint density at radius 2 is 1.92 bits per heavy atom. The summed E-state index contributed by atoms with van der Waals surface area (Å²) >= 11 is 0. The molecule has 2 fully saturated rings. The molecule has 132 valence electrons. The summed E-state index contributed by atoms with van der Waals surface area (Å²) in [6.45, 7) is 9.09. The van der Waals surface area contributed by atoms with Gasteiger partial charge in [-0.15, -0.1) is 0 Å². The number of nitrogens with one attached hydrogen (secondary N) is 1. The molecule has 0 atom stereocenters. The normalized spacial score (nSPS) is 19.9. The highest BCUT2D eigenvalue weighted by molar-refractivity contribution is 5.78. The van der Waals surface area contributed by atoms with E-state index in [1.165, 1.54) is 6.42 Å². The van der Waals surface area contributed by atoms with Crippen LogP contribution in [-0.2, 0) is 11.2 Å². The third-order valence-electron chi connectivity index (χ3n) is 5.37. The zero-order valence-electron chi connectivity index (χ0n) is 15.0. The van der Waals surface area contributed by atoms with Crippen molar-refractivity contribution in [3.8, 4) is 5.75 Å². The summed E-state index contributed by atoms with van der Waals surface area (Å²) in [5, 5.41) is 3.47. The number of carbonyl (C=O) groups is 1. The maximum Gasteiger partial charge on any atom is 0.226 e. The van der Waals surface area contributed by atoms with Gasteiger partial charge in [0.1, 0.15) is 5.75 Å². The molecule has 1 aromatic rings. The van der Waals surface area contributed by atoms with Gasteiger partial charge in [-0.3, -0.25) is 4.79 Å². The lowest BCUT2D eigenvalue weighted by Crippen LogP contribution is -2.44. The molecular formula is C20H30N2O2. The van der Waals surface area contributed by atoms with E-state index in [1.807, 2.05) is 29.2 Å². The average Bonchev–Trinajstić information content (AvgIpc) is 3.03. The molecule has 4 nitrogen and oxygen atoms in total. The number of rotatable bonds is 5. The molecule has 3 rings (SSSR count). The van der Waals surface area contributed by atoms with E-state index in [9.17, 15) is 4.79 Å². The van der Waals surface area contributed by atoms with Gasteiger partial charge in [-0.1, -0.05) is 26.0 Å². The fraction of sp³-hybridized carbons (Fsp3) is 0.650. The van der Waals surface area contributed by atoms with Crippen molar-refractivity contribution in [1.29, 1.82) is 0 Å². The highest BCUT2D eigenvalue weighted by Gasteiger charge is 2.37. The van der Waals surface area contributed by atoms with Crippen LogP contribution in [0.3, 0.4) is 0 Å². The van der Waals surface area contributed by atoms with Crippen molar-refractivity contribution >= 4 is 5.91 Å². The number of amides is 1. The Morgan fingerprint density at radius 1 is 1.21 bits per heavy atom. The van der Waals surface area contributed by atoms with Gasteiger partial charge < -0.3 is 15.0 Å². The van der Waals surface area contributed by atoms with Gasteiger partial charge in [0.2, 0.25) is 5.91 Å². The highest BCUT2D eigenvalue weighted by Crippen LogP contribution is 2.37. The van der Waals surface area contributed by atoms with Crippen molar-refractivity contribution in [3.63, 3.8) is 0 Å². The van der Waals surface area contributed by atoms with Crippen molar-refractivity contribution in [2.75, 3.05) is 32.8 Å². The number of benzene rings is 1. The highest BCUT2D eigenvalue weighted by atomic mass is 16.5. The molecule has 1 aromatic carbocycles. The first kappa shape index (κ1) is 17.3. The SMILES string of the molecule is CC(C)COc1ccc(CC(=O)N2CCC3(CCNC3)CC2)cc1. The minimum atomic E-state index is 0.256. The van der Waals surface area contributed by atoms with E-state index in [0.717, 1.165) is 56.9 Å². The van der Waals surface area contributed by atoms with E-state index >= 15 is 0 Å². The Kier molecular flexibility index (Phi) is 5.44. The molecule has 0 unspecified atom stereocenters. The van der Waals surface area contributed by atoms with Gasteiger partial charge in [-0.2, -0.15) is 0 Å². The Hall–Kier alpha value is -1.55. The number of carbonyl (C=O) groups excluding carboxylic acids is 1. The summed E-state index contributed by atoms with van der Waals surface area (Å²) in [6, 6.07) is 7.97. The van der Waals surface area contributed by atoms with Crippen LogP contribution in [-0.4, -0.2) is 43.6 Å². The Morgan fingerprint density at radius 3 is 2.50 bits per heavy atom. The summed E-state index contributed by atoms with van der Waals surface area (Å²) in [7, 11) is 0. The summed E-state index contributed by atoms with van der Waals surface area (Å²) in [5.41, 5.74) is 1.53. The van der Waals surface area contributed by atoms with Crippen LogP contribution in [0.15, 0.2) is 24.3 Å². The molecule has 4 heteroatoms. The van der Waals surface area contributed by atoms with Crippen molar-refractivity contribution in [1.82, 2.24) is 10.2 Å². The van der Waals surface area contributed by atoms with Crippen LogP contribution in [0.4, 0.5) is 0 Å². The van der Waals surface area contributed by atoms with E-state index in [2.05, 4.69) is 19.2 Å². The fourth-order valence-corrected chi connectivity index (χ4v) is 3.71. The molecule has 0 radical (unpaired) electrons. The molecule has 24 heavy (non-hydrogen) atoms. The molecule has 2 aliphatic rings. The van der Waals surface area contributed by atoms with E-state index < -0.39 is 0 Å². The predicted molar refractivity (Wildman–Crippen MR) is 96.2 cm³/mol. The smallest absolute Gasteiger partial charge is 0.226 e. The van der Waals surface area contributed by atoms with Crippen molar-refractivity contribution in [2.24, 2.45) is 11.3 Å². The Labute approximate surface area is 145 Å². The second kappa shape index (κ2) is 7.56. The first-order valence-corrected chi connectivity index (χ1v) is 9.27. The monoisotopic (exact) mass is 330 g/mol. The first-order chi connectivity index (χ1) is 11.6. The van der Waals surface area contributed by atoms with Gasteiger partial charge in [0, 0.05) is 19.6 Å². The predicted octanol–water partition coefficient (Wildman–Crippen LogP) is 2.87. The van der Waals surface area contributed by atoms with Crippen molar-refractivity contribution < 1.29 is 9.53 Å². The second-order valence-electron chi connectivity index (χ2n) is 7.83. The maximum atomic E-state index is 12.5. The van der Waals surface area contributed by atoms with Crippen molar-refractivity contribution in [3.05, 3.63) is 29.8 Å². The molecule has 1 spiro atoms. The number of hydrogen-bond acceptors (Lipinski definition) is 3. The summed E-state index contributed by atoms with van der Waals surface area (Å²) in [4.78, 5) is 14.6. The molecule has 2 heterocycles. The van der Waals surface area contributed by atoms with Crippen LogP contribution in [0.25, 0.3) is 0 Å². The topological polar surface area (TPSA) is 41.6 Å². The number of nitrogens with zero attached hydrogens (tertiary/aromatic N) is 1. The molecular weight excluding hydrogens is 300 g/mol. The zero-order valence-corrected chi connectivity index (χ0v) is 15.0. The number of hydrogen-bond donors (Lipinski definition) is 1. The van der Waals surface area contributed by atoms with Crippen LogP contribution in [0, 0.1) is 11.3 Å². The lowest BCUT2D eigenvalue weighted by Gasteiger charge is -2.39. The Bertz CT molecular complexity index is 537. The third kappa shape index (κ3) is 4.29. The van der Waals surface area contributed by atoms with Crippen molar-refractivity contribution in [2.45, 2.75) is 39.5 Å². The largest absolute Gasteiger partial charge is 0.493 e. The van der Waals surface area contributed by atoms with Gasteiger partial charge in [-0.25, -0.2) is 0 Å². The molecule has 2 saturated heterocycles. The standard InChI is InChI=1S/C20H30N2O2/c1-16(2)14-24-18-5-3-17(4-6-18)13-19(23)22-11-8-20(9-12-22)7-10-21-15-20/h3-6,16,21H,7-15H2,1-2H3. The zero-order chi connectivity index (χ0) is 17.0. The second-order valence-corrected chi connectivity index (χ2v) is 7.83. The van der Waals surface area contributed by atoms with Gasteiger partial charge in [-0.05, 0) is 54.8 Å². The van der Waals surface area contributed by atoms with Gasteiger partial charge in [0.05, 0.1) is 13.0 Å². The van der Waals surface area contributed by atoms with E-state index in [0.29, 0.717) is 17.8 Å². The molecule has 1 amide bonds. The van der Waals surface area contributed by atoms with Crippen LogP contribution < -0.4 is 10.1 Å². The maximum absolute atomic E-state index is 12.5. The van der Waals surface area contributed by atoms with E-state index in [4.69, 9.17) is 4.74 Å². The first-order valence-electron chi connectivity index (χ1n) is 9.27. The lowest BCUT2D eigenvalue weighted by molar-refractivity contribution is -0.132. The summed E-state index contributed by atoms with van der Waals surface area (Å²) in [6.07, 6.45) is 4.06. The molecule has 1 N–H and O–H groups in total. The van der Waals surface area contributed by atoms with Gasteiger partial charge >= 0.3 is 0 Å². The molecule has 2 aliphatic heterocycles. The molecule has 0 saturated carbocycles.